The summed E-state index contributed by atoms with van der Waals surface area (Å²) in [7, 11) is 5.66. The molecule has 0 bridgehead atoms. The number of hydrogen-bond acceptors (Lipinski definition) is 9. The summed E-state index contributed by atoms with van der Waals surface area (Å²) in [5.41, 5.74) is 9.34. The van der Waals surface area contributed by atoms with Crippen molar-refractivity contribution < 1.29 is 18.8 Å². The van der Waals surface area contributed by atoms with Crippen molar-refractivity contribution in [2.45, 2.75) is 97.8 Å². The molecule has 48 heavy (non-hydrogen) atoms. The number of Topliss-reactive ketones (excluding diaryl/α,β-unsaturated/α-hetero) is 3. The van der Waals surface area contributed by atoms with E-state index in [2.05, 4.69) is 19.9 Å². The fourth-order valence-electron chi connectivity index (χ4n) is 5.44. The van der Waals surface area contributed by atoms with Gasteiger partial charge in [0.2, 0.25) is 0 Å². The Morgan fingerprint density at radius 1 is 1.12 bits per heavy atom. The van der Waals surface area contributed by atoms with Gasteiger partial charge < -0.3 is 10.5 Å². The molecule has 1 atom stereocenters. The maximum Gasteiger partial charge on any atom is 0.165 e. The minimum Gasteiger partial charge on any atom is -0.383 e. The molecule has 1 saturated heterocycles. The van der Waals surface area contributed by atoms with Crippen LogP contribution in [0.2, 0.25) is 5.31 Å². The van der Waals surface area contributed by atoms with Crippen molar-refractivity contribution in [3.05, 3.63) is 70.6 Å². The number of rotatable bonds is 12. The highest BCUT2D eigenvalue weighted by Gasteiger charge is 2.25. The summed E-state index contributed by atoms with van der Waals surface area (Å²) in [5.74, 6) is 0.867. The molecule has 1 aliphatic heterocycles. The Hall–Kier alpha value is -4.30. The second kappa shape index (κ2) is 17.2. The number of hydrogen-bond donors (Lipinski definition) is 1. The molecule has 3 heterocycles. The molecule has 252 valence electrons. The van der Waals surface area contributed by atoms with Crippen LogP contribution in [-0.2, 0) is 22.6 Å². The lowest BCUT2D eigenvalue weighted by molar-refractivity contribution is -0.121. The first-order chi connectivity index (χ1) is 22.7. The first-order valence-corrected chi connectivity index (χ1v) is 16.6. The van der Waals surface area contributed by atoms with E-state index in [4.69, 9.17) is 18.8 Å². The zero-order chi connectivity index (χ0) is 35.6. The normalized spacial score (nSPS) is 14.8. The van der Waals surface area contributed by atoms with Crippen molar-refractivity contribution in [2.75, 3.05) is 18.8 Å². The van der Waals surface area contributed by atoms with Gasteiger partial charge in [0.1, 0.15) is 35.1 Å². The number of aromatic nitrogens is 3. The predicted octanol–water partition coefficient (Wildman–Crippen LogP) is 6.59. The van der Waals surface area contributed by atoms with Gasteiger partial charge in [0.25, 0.3) is 0 Å². The lowest BCUT2D eigenvalue weighted by atomic mass is 9.65. The van der Waals surface area contributed by atoms with Crippen LogP contribution < -0.4 is 5.73 Å². The fourth-order valence-corrected chi connectivity index (χ4v) is 5.44. The lowest BCUT2D eigenvalue weighted by Crippen LogP contribution is -2.33. The van der Waals surface area contributed by atoms with Gasteiger partial charge in [-0.05, 0) is 68.7 Å². The average Bonchev–Trinajstić information content (AvgIpc) is 3.08. The average molecular weight is 653 g/mol. The Labute approximate surface area is 285 Å². The topological polar surface area (TPSA) is 143 Å². The van der Waals surface area contributed by atoms with E-state index < -0.39 is 11.1 Å². The van der Waals surface area contributed by atoms with E-state index in [1.807, 2.05) is 39.8 Å². The highest BCUT2D eigenvalue weighted by atomic mass is 19.1. The number of nitriles is 1. The molecule has 2 radical (unpaired) electrons. The van der Waals surface area contributed by atoms with Crippen LogP contribution >= 0.6 is 0 Å². The molecule has 1 unspecified atom stereocenters. The maximum atomic E-state index is 15.4. The molecule has 2 N–H and O–H groups in total. The van der Waals surface area contributed by atoms with E-state index in [1.165, 1.54) is 6.92 Å². The van der Waals surface area contributed by atoms with Crippen LogP contribution in [0.25, 0.3) is 11.3 Å². The van der Waals surface area contributed by atoms with E-state index in [1.54, 1.807) is 37.5 Å². The van der Waals surface area contributed by atoms with Crippen molar-refractivity contribution in [3.8, 4) is 17.3 Å². The van der Waals surface area contributed by atoms with E-state index in [9.17, 15) is 14.4 Å². The number of anilines is 1. The molecule has 1 fully saturated rings. The Morgan fingerprint density at radius 3 is 2.29 bits per heavy atom. The molecule has 1 aromatic carbocycles. The third-order valence-electron chi connectivity index (χ3n) is 8.94. The zero-order valence-electron chi connectivity index (χ0n) is 29.0. The van der Waals surface area contributed by atoms with E-state index >= 15 is 4.39 Å². The second-order valence-corrected chi connectivity index (χ2v) is 12.9. The van der Waals surface area contributed by atoms with Gasteiger partial charge in [0, 0.05) is 60.3 Å². The summed E-state index contributed by atoms with van der Waals surface area (Å²) in [4.78, 5) is 49.9. The molecule has 0 spiro atoms. The fraction of sp³-hybridized carbons (Fsp3) is 0.486. The first kappa shape index (κ1) is 38.2. The number of piperidine rings is 1. The van der Waals surface area contributed by atoms with Crippen LogP contribution in [0.3, 0.4) is 0 Å². The van der Waals surface area contributed by atoms with Gasteiger partial charge in [-0.1, -0.05) is 46.8 Å². The second-order valence-electron chi connectivity index (χ2n) is 12.9. The van der Waals surface area contributed by atoms with E-state index in [0.29, 0.717) is 66.0 Å². The first-order valence-electron chi connectivity index (χ1n) is 16.6. The molecule has 0 saturated carbocycles. The quantitative estimate of drug-likeness (QED) is 0.169. The maximum absolute atomic E-state index is 15.4. The van der Waals surface area contributed by atoms with Crippen molar-refractivity contribution in [1.29, 1.82) is 5.26 Å². The molecule has 4 rings (SSSR count). The monoisotopic (exact) mass is 652 g/mol. The van der Waals surface area contributed by atoms with Crippen LogP contribution in [0.15, 0.2) is 36.7 Å². The van der Waals surface area contributed by atoms with Gasteiger partial charge in [0.15, 0.2) is 5.78 Å². The minimum absolute atomic E-state index is 0.0605. The molecular weight excluding hydrogens is 606 g/mol. The Kier molecular flexibility index (Phi) is 13.7. The van der Waals surface area contributed by atoms with Crippen molar-refractivity contribution in [2.24, 2.45) is 5.92 Å². The van der Waals surface area contributed by atoms with Crippen LogP contribution in [-0.4, -0.2) is 58.1 Å². The largest absolute Gasteiger partial charge is 0.383 e. The van der Waals surface area contributed by atoms with Crippen LogP contribution in [0.1, 0.15) is 112 Å². The number of nitrogens with zero attached hydrogens (tertiary/aromatic N) is 5. The third-order valence-corrected chi connectivity index (χ3v) is 8.94. The summed E-state index contributed by atoms with van der Waals surface area (Å²) in [6, 6.07) is 9.08. The summed E-state index contributed by atoms with van der Waals surface area (Å²) < 4.78 is 15.4. The molecule has 9 nitrogen and oxygen atoms in total. The standard InChI is InChI=1S/C28H31FN6O.C9H15BO2/c1-4-21-22(26(36)17(2)3)6-7-23(25(21)29)24-8-5-20(27(31)34-24)16-35-11-9-19(10-12-35)28-32-14-18(13-30)15-33-28;1-4-8(12)5-6-9(3,10)7(2)11/h5-8,14-15,17,19H,4,9-12,16H2,1-3H3,(H2,31,34);4-6H2,1-3H3. The molecular formula is C37H46BFN6O3. The summed E-state index contributed by atoms with van der Waals surface area (Å²) in [6.07, 6.45) is 6.79. The third kappa shape index (κ3) is 9.86. The zero-order valence-corrected chi connectivity index (χ0v) is 29.0. The number of halogens is 1. The van der Waals surface area contributed by atoms with Crippen LogP contribution in [0.5, 0.6) is 0 Å². The SMILES string of the molecule is CCc1c(C(=O)C(C)C)ccc(-c2ccc(CN3CCC(c4ncc(C#N)cn4)CC3)c(N)n2)c1F.[B]C(C)(CCC(=O)CC)C(C)=O. The Balaban J connectivity index is 0.000000444. The summed E-state index contributed by atoms with van der Waals surface area (Å²) in [5, 5.41) is 8.09. The summed E-state index contributed by atoms with van der Waals surface area (Å²) in [6.45, 7) is 12.8. The highest BCUT2D eigenvalue weighted by Crippen LogP contribution is 2.31. The predicted molar refractivity (Wildman–Crippen MR) is 186 cm³/mol. The molecule has 11 heteroatoms. The van der Waals surface area contributed by atoms with Crippen LogP contribution in [0, 0.1) is 23.1 Å². The van der Waals surface area contributed by atoms with Gasteiger partial charge >= 0.3 is 0 Å². The molecule has 3 aromatic rings. The number of carbonyl (C=O) groups excluding carboxylic acids is 3. The number of ketones is 3. The lowest BCUT2D eigenvalue weighted by Gasteiger charge is -2.31. The minimum atomic E-state index is -0.829. The highest BCUT2D eigenvalue weighted by molar-refractivity contribution is 6.27. The number of nitrogen functional groups attached to an aromatic ring is 1. The van der Waals surface area contributed by atoms with E-state index in [-0.39, 0.29) is 29.2 Å². The van der Waals surface area contributed by atoms with Gasteiger partial charge in [-0.15, -0.1) is 0 Å². The van der Waals surface area contributed by atoms with Crippen LogP contribution in [0.4, 0.5) is 10.2 Å². The van der Waals surface area contributed by atoms with Gasteiger partial charge in [-0.25, -0.2) is 19.3 Å². The Morgan fingerprint density at radius 2 is 1.77 bits per heavy atom. The number of carbonyl (C=O) groups is 3. The molecule has 0 amide bonds. The summed E-state index contributed by atoms with van der Waals surface area (Å²) >= 11 is 0. The van der Waals surface area contributed by atoms with E-state index in [0.717, 1.165) is 37.3 Å². The van der Waals surface area contributed by atoms with Gasteiger partial charge in [-0.2, -0.15) is 5.26 Å². The number of likely N-dealkylation sites (tertiary alicyclic amines) is 1. The van der Waals surface area contributed by atoms with Gasteiger partial charge in [-0.3, -0.25) is 14.5 Å². The molecule has 1 aliphatic rings. The molecule has 2 aromatic heterocycles. The number of nitrogens with two attached hydrogens (primary N) is 1. The van der Waals surface area contributed by atoms with Crippen molar-refractivity contribution in [3.63, 3.8) is 0 Å². The van der Waals surface area contributed by atoms with Crippen molar-refractivity contribution >= 4 is 31.0 Å². The Bertz CT molecular complexity index is 1640. The van der Waals surface area contributed by atoms with Gasteiger partial charge in [0.05, 0.1) is 19.1 Å². The number of pyridine rings is 1. The van der Waals surface area contributed by atoms with Crippen molar-refractivity contribution in [1.82, 2.24) is 19.9 Å². The molecule has 0 aliphatic carbocycles. The smallest absolute Gasteiger partial charge is 0.165 e. The number of benzene rings is 1.